The van der Waals surface area contributed by atoms with Gasteiger partial charge in [-0.3, -0.25) is 14.4 Å². The molecule has 2 saturated carbocycles. The number of aliphatic hydroxyl groups excluding tert-OH is 1. The zero-order chi connectivity index (χ0) is 32.5. The number of hydrogen-bond acceptors (Lipinski definition) is 6. The van der Waals surface area contributed by atoms with Crippen molar-refractivity contribution in [2.24, 2.45) is 0 Å². The lowest BCUT2D eigenvalue weighted by atomic mass is 9.73. The van der Waals surface area contributed by atoms with Crippen LogP contribution in [0.15, 0.2) is 65.6 Å². The second kappa shape index (κ2) is 13.5. The Bertz CT molecular complexity index is 1680. The number of anilines is 1. The lowest BCUT2D eigenvalue weighted by molar-refractivity contribution is -0.117. The van der Waals surface area contributed by atoms with Gasteiger partial charge in [-0.05, 0) is 74.8 Å². The first-order valence-electron chi connectivity index (χ1n) is 17.1. The number of fused-ring (bicyclic) bond motifs is 1. The summed E-state index contributed by atoms with van der Waals surface area (Å²) >= 11 is 6.38. The highest BCUT2D eigenvalue weighted by Gasteiger charge is 2.45. The Kier molecular flexibility index (Phi) is 9.13. The van der Waals surface area contributed by atoms with Crippen molar-refractivity contribution in [1.82, 2.24) is 15.2 Å². The predicted molar refractivity (Wildman–Crippen MR) is 181 cm³/mol. The fourth-order valence-corrected chi connectivity index (χ4v) is 7.95. The number of halogens is 1. The maximum Gasteiger partial charge on any atom is 0.274 e. The molecule has 0 unspecified atom stereocenters. The number of hydrogen-bond donors (Lipinski definition) is 3. The molecule has 3 atom stereocenters. The van der Waals surface area contributed by atoms with E-state index in [2.05, 4.69) is 10.6 Å². The van der Waals surface area contributed by atoms with Crippen LogP contribution in [0.1, 0.15) is 97.8 Å². The molecule has 1 spiro atoms. The largest absolute Gasteiger partial charge is 0.487 e. The van der Waals surface area contributed by atoms with Gasteiger partial charge in [0.15, 0.2) is 0 Å². The molecule has 7 rings (SSSR count). The maximum atomic E-state index is 14.0. The van der Waals surface area contributed by atoms with Crippen molar-refractivity contribution in [3.8, 4) is 5.75 Å². The van der Waals surface area contributed by atoms with E-state index >= 15 is 0 Å². The minimum atomic E-state index is -0.928. The number of carbonyl (C=O) groups excluding carboxylic acids is 2. The molecule has 3 N–H and O–H groups in total. The van der Waals surface area contributed by atoms with Crippen molar-refractivity contribution in [1.29, 1.82) is 0 Å². The summed E-state index contributed by atoms with van der Waals surface area (Å²) in [5.74, 6) is 0.341. The van der Waals surface area contributed by atoms with Crippen LogP contribution in [0.25, 0.3) is 0 Å². The first kappa shape index (κ1) is 31.9. The van der Waals surface area contributed by atoms with E-state index in [1.807, 2.05) is 48.5 Å². The Labute approximate surface area is 280 Å². The van der Waals surface area contributed by atoms with Crippen LogP contribution in [0.4, 0.5) is 5.69 Å². The van der Waals surface area contributed by atoms with Crippen LogP contribution >= 0.6 is 11.6 Å². The molecular formula is C37H43ClN4O5. The van der Waals surface area contributed by atoms with Gasteiger partial charge in [0, 0.05) is 54.8 Å². The van der Waals surface area contributed by atoms with E-state index in [-0.39, 0.29) is 47.3 Å². The average molecular weight is 659 g/mol. The number of ether oxygens (including phenoxy) is 1. The summed E-state index contributed by atoms with van der Waals surface area (Å²) < 4.78 is 8.08. The zero-order valence-electron chi connectivity index (χ0n) is 26.6. The summed E-state index contributed by atoms with van der Waals surface area (Å²) in [6, 6.07) is 16.3. The van der Waals surface area contributed by atoms with E-state index < -0.39 is 12.1 Å². The van der Waals surface area contributed by atoms with E-state index in [4.69, 9.17) is 16.3 Å². The quantitative estimate of drug-likeness (QED) is 0.266. The number of amides is 2. The molecule has 3 heterocycles. The normalized spacial score (nSPS) is 21.6. The molecule has 47 heavy (non-hydrogen) atoms. The molecule has 0 bridgehead atoms. The van der Waals surface area contributed by atoms with Gasteiger partial charge in [0.25, 0.3) is 11.5 Å². The van der Waals surface area contributed by atoms with Crippen LogP contribution in [-0.4, -0.2) is 52.3 Å². The van der Waals surface area contributed by atoms with Crippen LogP contribution in [-0.2, 0) is 11.2 Å². The van der Waals surface area contributed by atoms with Crippen LogP contribution in [0.3, 0.4) is 0 Å². The summed E-state index contributed by atoms with van der Waals surface area (Å²) in [7, 11) is 0. The number of nitrogens with one attached hydrogen (secondary N) is 2. The van der Waals surface area contributed by atoms with E-state index in [9.17, 15) is 19.5 Å². The molecule has 1 saturated heterocycles. The third kappa shape index (κ3) is 6.71. The number of aliphatic hydroxyl groups is 1. The Balaban J connectivity index is 1.14. The fourth-order valence-electron chi connectivity index (χ4n) is 7.77. The van der Waals surface area contributed by atoms with Crippen molar-refractivity contribution >= 4 is 29.1 Å². The van der Waals surface area contributed by atoms with Crippen molar-refractivity contribution < 1.29 is 19.4 Å². The van der Waals surface area contributed by atoms with Crippen LogP contribution in [0, 0.1) is 0 Å². The number of carbonyl (C=O) groups is 2. The molecule has 9 nitrogen and oxygen atoms in total. The van der Waals surface area contributed by atoms with Gasteiger partial charge in [-0.15, -0.1) is 0 Å². The van der Waals surface area contributed by atoms with Gasteiger partial charge in [0.1, 0.15) is 17.0 Å². The first-order chi connectivity index (χ1) is 22.8. The van der Waals surface area contributed by atoms with Gasteiger partial charge >= 0.3 is 0 Å². The van der Waals surface area contributed by atoms with Crippen molar-refractivity contribution in [2.75, 3.05) is 18.0 Å². The van der Waals surface area contributed by atoms with Crippen molar-refractivity contribution in [3.05, 3.63) is 92.9 Å². The summed E-state index contributed by atoms with van der Waals surface area (Å²) in [5.41, 5.74) is 2.10. The lowest BCUT2D eigenvalue weighted by Crippen LogP contribution is -2.52. The Morgan fingerprint density at radius 1 is 1.04 bits per heavy atom. The fraction of sp³-hybridized carbons (Fsp3) is 0.486. The third-order valence-electron chi connectivity index (χ3n) is 10.5. The van der Waals surface area contributed by atoms with Gasteiger partial charge < -0.3 is 29.9 Å². The summed E-state index contributed by atoms with van der Waals surface area (Å²) in [4.78, 5) is 41.9. The molecule has 4 aliphatic rings. The Hall–Kier alpha value is -3.66. The van der Waals surface area contributed by atoms with Crippen LogP contribution < -0.4 is 25.8 Å². The standard InChI is InChI=1S/C37H43ClN4O5/c38-26-13-14-33-28(20-26)30(21-37(47-33)15-7-16-37)39-22-32(43)29(18-24-8-2-1-3-9-24)40-35(45)25-19-31(41-17-6-12-34(41)44)36(46)42(23-25)27-10-4-5-11-27/h1-3,8-9,13-14,19-20,23,27,29-30,32,39,43H,4-7,10-12,15-18,21-22H2,(H,40,45)/t29-,30-,32+/m0/s1. The lowest BCUT2D eigenvalue weighted by Gasteiger charge is -2.48. The molecule has 0 radical (unpaired) electrons. The highest BCUT2D eigenvalue weighted by Crippen LogP contribution is 2.49. The zero-order valence-corrected chi connectivity index (χ0v) is 27.4. The first-order valence-corrected chi connectivity index (χ1v) is 17.5. The second-order valence-corrected chi connectivity index (χ2v) is 14.2. The molecule has 248 valence electrons. The molecule has 2 aromatic carbocycles. The Morgan fingerprint density at radius 3 is 2.53 bits per heavy atom. The maximum absolute atomic E-state index is 14.0. The van der Waals surface area contributed by atoms with Crippen molar-refractivity contribution in [2.45, 2.75) is 100 Å². The molecule has 3 aromatic rings. The topological polar surface area (TPSA) is 113 Å². The number of pyridine rings is 1. The third-order valence-corrected chi connectivity index (χ3v) is 10.8. The van der Waals surface area contributed by atoms with E-state index in [0.29, 0.717) is 36.4 Å². The molecule has 2 aliphatic heterocycles. The summed E-state index contributed by atoms with van der Waals surface area (Å²) in [6.07, 6.45) is 9.87. The molecule has 3 fully saturated rings. The summed E-state index contributed by atoms with van der Waals surface area (Å²) in [5, 5.41) is 19.0. The summed E-state index contributed by atoms with van der Waals surface area (Å²) in [6.45, 7) is 0.701. The van der Waals surface area contributed by atoms with Gasteiger partial charge in [-0.25, -0.2) is 0 Å². The second-order valence-electron chi connectivity index (χ2n) is 13.7. The molecule has 2 aliphatic carbocycles. The number of aromatic nitrogens is 1. The number of benzene rings is 2. The van der Waals surface area contributed by atoms with Crippen LogP contribution in [0.2, 0.25) is 5.02 Å². The Morgan fingerprint density at radius 2 is 1.83 bits per heavy atom. The SMILES string of the molecule is O=C(N[C@@H](Cc1ccccc1)[C@H](O)CN[C@H]1CC2(CCC2)Oc2ccc(Cl)cc21)c1cc(N2CCCC2=O)c(=O)n(C2CCCC2)c1. The van der Waals surface area contributed by atoms with E-state index in [1.165, 1.54) is 4.90 Å². The smallest absolute Gasteiger partial charge is 0.274 e. The van der Waals surface area contributed by atoms with Gasteiger partial charge in [0.2, 0.25) is 5.91 Å². The molecule has 10 heteroatoms. The predicted octanol–water partition coefficient (Wildman–Crippen LogP) is 5.48. The molecular weight excluding hydrogens is 616 g/mol. The van der Waals surface area contributed by atoms with Gasteiger partial charge in [0.05, 0.1) is 17.7 Å². The van der Waals surface area contributed by atoms with E-state index in [1.54, 1.807) is 16.8 Å². The molecule has 1 aromatic heterocycles. The monoisotopic (exact) mass is 658 g/mol. The van der Waals surface area contributed by atoms with Gasteiger partial charge in [-0.1, -0.05) is 54.8 Å². The molecule has 2 amide bonds. The minimum absolute atomic E-state index is 0.00331. The van der Waals surface area contributed by atoms with Crippen molar-refractivity contribution in [3.63, 3.8) is 0 Å². The number of rotatable bonds is 10. The number of nitrogens with zero attached hydrogens (tertiary/aromatic N) is 2. The van der Waals surface area contributed by atoms with E-state index in [0.717, 1.165) is 68.2 Å². The highest BCUT2D eigenvalue weighted by atomic mass is 35.5. The minimum Gasteiger partial charge on any atom is -0.487 e. The highest BCUT2D eigenvalue weighted by molar-refractivity contribution is 6.30. The van der Waals surface area contributed by atoms with Crippen LogP contribution in [0.5, 0.6) is 5.75 Å². The van der Waals surface area contributed by atoms with Gasteiger partial charge in [-0.2, -0.15) is 0 Å². The average Bonchev–Trinajstić information content (AvgIpc) is 3.75.